The molecular weight excluding hydrogens is 372 g/mol. The number of amides is 2. The molecule has 12 nitrogen and oxygen atoms in total. The quantitative estimate of drug-likeness (QED) is 0.231. The number of nitrogens with zero attached hydrogens (tertiary/aromatic N) is 2. The van der Waals surface area contributed by atoms with E-state index in [0.29, 0.717) is 13.0 Å². The number of unbranched alkanes of at least 4 members (excludes halogenated alkanes) is 1. The number of aliphatic carboxylic acids is 1. The number of hydrogen-bond acceptors (Lipinski definition) is 9. The van der Waals surface area contributed by atoms with Crippen LogP contribution in [0.2, 0.25) is 0 Å². The zero-order chi connectivity index (χ0) is 21.1. The number of aliphatic hydroxyl groups is 1. The first-order valence-electron chi connectivity index (χ1n) is 8.97. The van der Waals surface area contributed by atoms with Gasteiger partial charge in [-0.3, -0.25) is 9.59 Å². The normalized spacial score (nSPS) is 14.1. The van der Waals surface area contributed by atoms with E-state index in [4.69, 9.17) is 26.2 Å². The van der Waals surface area contributed by atoms with E-state index in [9.17, 15) is 14.4 Å². The van der Waals surface area contributed by atoms with Crippen molar-refractivity contribution in [2.75, 3.05) is 13.2 Å². The molecule has 2 amide bonds. The van der Waals surface area contributed by atoms with E-state index in [1.807, 2.05) is 0 Å². The van der Waals surface area contributed by atoms with Gasteiger partial charge >= 0.3 is 12.0 Å². The summed E-state index contributed by atoms with van der Waals surface area (Å²) in [6.07, 6.45) is 1.92. The number of Topliss-reactive ketones (excluding diaryl/α,β-unsaturated/α-hetero) is 1. The molecule has 0 unspecified atom stereocenters. The second-order valence-corrected chi connectivity index (χ2v) is 6.33. The van der Waals surface area contributed by atoms with Gasteiger partial charge in [0.1, 0.15) is 12.1 Å². The Labute approximate surface area is 162 Å². The Morgan fingerprint density at radius 2 is 1.93 bits per heavy atom. The molecule has 28 heavy (non-hydrogen) atoms. The van der Waals surface area contributed by atoms with Crippen molar-refractivity contribution in [3.8, 4) is 0 Å². The Morgan fingerprint density at radius 3 is 2.50 bits per heavy atom. The molecule has 12 heteroatoms. The van der Waals surface area contributed by atoms with E-state index in [2.05, 4.69) is 20.8 Å². The number of hydrogen-bond donors (Lipinski definition) is 6. The number of carboxylic acid groups (broad SMARTS) is 1. The number of urea groups is 1. The van der Waals surface area contributed by atoms with Gasteiger partial charge < -0.3 is 36.8 Å². The average molecular weight is 400 g/mol. The van der Waals surface area contributed by atoms with Gasteiger partial charge in [0.15, 0.2) is 11.6 Å². The highest BCUT2D eigenvalue weighted by molar-refractivity contribution is 5.87. The van der Waals surface area contributed by atoms with E-state index in [0.717, 1.165) is 12.8 Å². The zero-order valence-corrected chi connectivity index (χ0v) is 15.8. The molecule has 0 aromatic carbocycles. The van der Waals surface area contributed by atoms with Crippen molar-refractivity contribution < 1.29 is 29.1 Å². The number of ketones is 1. The molecule has 0 spiro atoms. The molecule has 0 saturated carbocycles. The average Bonchev–Trinajstić information content (AvgIpc) is 3.13. The molecule has 1 rings (SSSR count). The van der Waals surface area contributed by atoms with Gasteiger partial charge in [-0.2, -0.15) is 4.98 Å². The number of carbonyl (C=O) groups is 3. The fraction of sp³-hybridized carbons (Fsp3) is 0.688. The minimum Gasteiger partial charge on any atom is -0.481 e. The fourth-order valence-corrected chi connectivity index (χ4v) is 2.34. The molecule has 1 aromatic rings. The number of carboxylic acids is 1. The van der Waals surface area contributed by atoms with Gasteiger partial charge in [0, 0.05) is 6.42 Å². The summed E-state index contributed by atoms with van der Waals surface area (Å²) in [7, 11) is 0. The smallest absolute Gasteiger partial charge is 0.316 e. The van der Waals surface area contributed by atoms with Crippen molar-refractivity contribution in [2.45, 2.75) is 57.2 Å². The van der Waals surface area contributed by atoms with Gasteiger partial charge in [-0.15, -0.1) is 0 Å². The van der Waals surface area contributed by atoms with Crippen molar-refractivity contribution >= 4 is 17.8 Å². The lowest BCUT2D eigenvalue weighted by atomic mass is 10.1. The second-order valence-electron chi connectivity index (χ2n) is 6.33. The maximum Gasteiger partial charge on any atom is 0.316 e. The molecule has 0 aliphatic carbocycles. The van der Waals surface area contributed by atoms with Gasteiger partial charge in [-0.25, -0.2) is 4.79 Å². The summed E-state index contributed by atoms with van der Waals surface area (Å²) in [6, 6.07) is -3.24. The number of carbonyl (C=O) groups excluding carboxylic acids is 2. The zero-order valence-electron chi connectivity index (χ0n) is 15.8. The monoisotopic (exact) mass is 400 g/mol. The molecule has 0 aliphatic heterocycles. The molecule has 0 fully saturated rings. The third-order valence-corrected chi connectivity index (χ3v) is 3.99. The second kappa shape index (κ2) is 12.0. The van der Waals surface area contributed by atoms with Crippen molar-refractivity contribution in [3.05, 3.63) is 11.7 Å². The summed E-state index contributed by atoms with van der Waals surface area (Å²) in [4.78, 5) is 38.5. The summed E-state index contributed by atoms with van der Waals surface area (Å²) >= 11 is 0. The van der Waals surface area contributed by atoms with Crippen LogP contribution in [-0.2, 0) is 9.59 Å². The largest absolute Gasteiger partial charge is 0.481 e. The van der Waals surface area contributed by atoms with E-state index in [1.165, 1.54) is 6.92 Å². The number of nitrogens with one attached hydrogen (secondary N) is 2. The Morgan fingerprint density at radius 1 is 1.21 bits per heavy atom. The third-order valence-electron chi connectivity index (χ3n) is 3.99. The van der Waals surface area contributed by atoms with Gasteiger partial charge in [0.05, 0.1) is 12.6 Å². The first-order valence-corrected chi connectivity index (χ1v) is 8.97. The summed E-state index contributed by atoms with van der Waals surface area (Å²) in [6.45, 7) is 1.21. The number of nitrogens with two attached hydrogens (primary N) is 2. The maximum atomic E-state index is 12.1. The molecule has 0 aliphatic rings. The topological polar surface area (TPSA) is 207 Å². The summed E-state index contributed by atoms with van der Waals surface area (Å²) < 4.78 is 5.15. The van der Waals surface area contributed by atoms with E-state index in [1.54, 1.807) is 0 Å². The molecule has 3 atom stereocenters. The molecular formula is C16H28N6O6. The Kier molecular flexibility index (Phi) is 10.1. The van der Waals surface area contributed by atoms with Crippen LogP contribution < -0.4 is 22.1 Å². The lowest BCUT2D eigenvalue weighted by Gasteiger charge is -2.18. The summed E-state index contributed by atoms with van der Waals surface area (Å²) in [5.41, 5.74) is 11.4. The maximum absolute atomic E-state index is 12.1. The lowest BCUT2D eigenvalue weighted by molar-refractivity contribution is -0.137. The van der Waals surface area contributed by atoms with Crippen LogP contribution >= 0.6 is 0 Å². The van der Waals surface area contributed by atoms with Gasteiger partial charge in [-0.05, 0) is 32.7 Å². The Balaban J connectivity index is 2.82. The van der Waals surface area contributed by atoms with Crippen LogP contribution in [0, 0.1) is 0 Å². The highest BCUT2D eigenvalue weighted by Crippen LogP contribution is 2.20. The van der Waals surface area contributed by atoms with Gasteiger partial charge in [0.25, 0.3) is 0 Å². The molecule has 8 N–H and O–H groups in total. The van der Waals surface area contributed by atoms with Crippen LogP contribution in [0.1, 0.15) is 62.8 Å². The lowest BCUT2D eigenvalue weighted by Crippen LogP contribution is -2.48. The van der Waals surface area contributed by atoms with Crippen LogP contribution in [0.3, 0.4) is 0 Å². The van der Waals surface area contributed by atoms with Crippen LogP contribution in [0.15, 0.2) is 4.52 Å². The third kappa shape index (κ3) is 7.98. The molecule has 158 valence electrons. The van der Waals surface area contributed by atoms with Crippen molar-refractivity contribution in [1.29, 1.82) is 0 Å². The highest BCUT2D eigenvalue weighted by atomic mass is 16.5. The SMILES string of the molecule is CC(=O)[C@H](CO)NC(=O)N[C@@H](CCC(=O)O)c1nc([C@@H](N)CCCCN)no1. The standard InChI is InChI=1S/C16H28N6O6/c1-9(24)12(8-23)20-16(27)19-11(5-6-13(25)26)15-21-14(22-28-15)10(18)4-2-3-7-17/h10-12,23H,2-8,17-18H2,1H3,(H,25,26)(H2,19,20,27)/t10-,11-,12-/m0/s1. The van der Waals surface area contributed by atoms with Crippen LogP contribution in [-0.4, -0.2) is 57.3 Å². The Hall–Kier alpha value is -2.57. The van der Waals surface area contributed by atoms with Crippen molar-refractivity contribution in [1.82, 2.24) is 20.8 Å². The van der Waals surface area contributed by atoms with Crippen LogP contribution in [0.25, 0.3) is 0 Å². The highest BCUT2D eigenvalue weighted by Gasteiger charge is 2.25. The predicted molar refractivity (Wildman–Crippen MR) is 97.0 cm³/mol. The first kappa shape index (κ1) is 23.5. The summed E-state index contributed by atoms with van der Waals surface area (Å²) in [5.74, 6) is -1.25. The predicted octanol–water partition coefficient (Wildman–Crippen LogP) is -0.647. The van der Waals surface area contributed by atoms with Crippen LogP contribution in [0.4, 0.5) is 4.79 Å². The molecule has 0 radical (unpaired) electrons. The fourth-order valence-electron chi connectivity index (χ4n) is 2.34. The molecule has 1 aromatic heterocycles. The van der Waals surface area contributed by atoms with Gasteiger partial charge in [0.2, 0.25) is 5.89 Å². The Bertz CT molecular complexity index is 651. The molecule has 0 saturated heterocycles. The first-order chi connectivity index (χ1) is 13.3. The van der Waals surface area contributed by atoms with Crippen LogP contribution in [0.5, 0.6) is 0 Å². The summed E-state index contributed by atoms with van der Waals surface area (Å²) in [5, 5.41) is 26.6. The molecule has 0 bridgehead atoms. The number of aromatic nitrogens is 2. The number of rotatable bonds is 13. The van der Waals surface area contributed by atoms with Crippen molar-refractivity contribution in [2.24, 2.45) is 11.5 Å². The van der Waals surface area contributed by atoms with E-state index in [-0.39, 0.29) is 24.6 Å². The van der Waals surface area contributed by atoms with E-state index >= 15 is 0 Å². The number of aliphatic hydroxyl groups excluding tert-OH is 1. The van der Waals surface area contributed by atoms with E-state index < -0.39 is 42.5 Å². The minimum atomic E-state index is -1.07. The van der Waals surface area contributed by atoms with Crippen molar-refractivity contribution in [3.63, 3.8) is 0 Å². The molecule has 1 heterocycles. The van der Waals surface area contributed by atoms with Gasteiger partial charge in [-0.1, -0.05) is 11.6 Å². The minimum absolute atomic E-state index is 0.00375.